The number of nitrogens with one attached hydrogen (secondary N) is 1. The molecule has 2 fully saturated rings. The van der Waals surface area contributed by atoms with E-state index in [1.54, 1.807) is 0 Å². The smallest absolute Gasteiger partial charge is 0.487 e. The number of alkyl halides is 3. The van der Waals surface area contributed by atoms with Gasteiger partial charge >= 0.3 is 12.1 Å². The van der Waals surface area contributed by atoms with Crippen LogP contribution in [0.3, 0.4) is 0 Å². The second kappa shape index (κ2) is 9.29. The fourth-order valence-electron chi connectivity index (χ4n) is 4.47. The summed E-state index contributed by atoms with van der Waals surface area (Å²) in [5.74, 6) is -0.815. The molecular weight excluding hydrogens is 425 g/mol. The van der Waals surface area contributed by atoms with Gasteiger partial charge < -0.3 is 20.1 Å². The lowest BCUT2D eigenvalue weighted by Crippen LogP contribution is -2.53. The number of benzene rings is 1. The number of halogens is 3. The molecule has 1 spiro atoms. The average molecular weight is 457 g/mol. The molecule has 2 aliphatic heterocycles. The predicted octanol–water partition coefficient (Wildman–Crippen LogP) is 4.16. The topological polar surface area (TPSA) is 78.9 Å². The molecule has 1 amide bonds. The highest BCUT2D eigenvalue weighted by molar-refractivity contribution is 5.82. The molecule has 1 saturated carbocycles. The zero-order chi connectivity index (χ0) is 23.7. The number of nitrogens with zero attached hydrogens (tertiary/aromatic N) is 1. The number of hydrogen-bond donors (Lipinski definition) is 2. The van der Waals surface area contributed by atoms with E-state index in [0.717, 1.165) is 50.1 Å². The minimum absolute atomic E-state index is 0.0795. The lowest BCUT2D eigenvalue weighted by Gasteiger charge is -2.47. The van der Waals surface area contributed by atoms with E-state index in [-0.39, 0.29) is 23.5 Å². The summed E-state index contributed by atoms with van der Waals surface area (Å²) in [5.41, 5.74) is 1.01. The van der Waals surface area contributed by atoms with Gasteiger partial charge in [0.1, 0.15) is 11.4 Å². The maximum atomic E-state index is 12.5. The van der Waals surface area contributed by atoms with Gasteiger partial charge in [0.15, 0.2) is 0 Å². The van der Waals surface area contributed by atoms with E-state index in [0.29, 0.717) is 12.0 Å². The molecule has 3 aliphatic rings. The monoisotopic (exact) mass is 456 g/mol. The molecule has 178 valence electrons. The van der Waals surface area contributed by atoms with E-state index in [2.05, 4.69) is 43.1 Å². The molecule has 1 aliphatic carbocycles. The van der Waals surface area contributed by atoms with E-state index >= 15 is 0 Å². The molecule has 9 heteroatoms. The molecular formula is C23H31F3N2O4. The number of fused-ring (bicyclic) bond motifs is 1. The number of likely N-dealkylation sites (tertiary alicyclic amines) is 1. The average Bonchev–Trinajstić information content (AvgIpc) is 3.45. The number of carboxylic acid groups (broad SMARTS) is 1. The number of carbonyl (C=O) groups is 2. The Kier molecular flexibility index (Phi) is 7.07. The first-order valence-electron chi connectivity index (χ1n) is 11.0. The highest BCUT2D eigenvalue weighted by Gasteiger charge is 2.46. The van der Waals surface area contributed by atoms with Crippen LogP contribution in [0.5, 0.6) is 5.75 Å². The van der Waals surface area contributed by atoms with Gasteiger partial charge in [-0.3, -0.25) is 4.79 Å². The lowest BCUT2D eigenvalue weighted by atomic mass is 9.80. The summed E-state index contributed by atoms with van der Waals surface area (Å²) < 4.78 is 38.3. The molecule has 6 nitrogen and oxygen atoms in total. The van der Waals surface area contributed by atoms with Gasteiger partial charge in [-0.1, -0.05) is 25.1 Å². The lowest BCUT2D eigenvalue weighted by molar-refractivity contribution is -0.192. The van der Waals surface area contributed by atoms with Crippen molar-refractivity contribution in [3.63, 3.8) is 0 Å². The number of piperidine rings is 1. The van der Waals surface area contributed by atoms with Crippen molar-refractivity contribution in [1.82, 2.24) is 10.2 Å². The Labute approximate surface area is 186 Å². The summed E-state index contributed by atoms with van der Waals surface area (Å²) >= 11 is 0. The van der Waals surface area contributed by atoms with Crippen LogP contribution in [-0.2, 0) is 9.59 Å². The van der Waals surface area contributed by atoms with Crippen molar-refractivity contribution in [3.8, 4) is 5.75 Å². The van der Waals surface area contributed by atoms with E-state index in [1.807, 2.05) is 12.1 Å². The SMILES string of the molecule is CC1CC1C(=O)NC1CC2(CCN(C(C)C)CC2)Oc2ccccc21.O=C(O)C(F)(F)F. The van der Waals surface area contributed by atoms with E-state index in [1.165, 1.54) is 0 Å². The van der Waals surface area contributed by atoms with Crippen molar-refractivity contribution < 1.29 is 32.6 Å². The molecule has 0 bridgehead atoms. The number of ether oxygens (including phenoxy) is 1. The largest absolute Gasteiger partial charge is 0.490 e. The molecule has 2 N–H and O–H groups in total. The minimum Gasteiger partial charge on any atom is -0.487 e. The van der Waals surface area contributed by atoms with Crippen molar-refractivity contribution in [3.05, 3.63) is 29.8 Å². The van der Waals surface area contributed by atoms with Crippen LogP contribution in [0, 0.1) is 11.8 Å². The Morgan fingerprint density at radius 2 is 1.78 bits per heavy atom. The summed E-state index contributed by atoms with van der Waals surface area (Å²) in [6.45, 7) is 8.81. The Morgan fingerprint density at radius 1 is 1.22 bits per heavy atom. The van der Waals surface area contributed by atoms with Crippen LogP contribution in [-0.4, -0.2) is 52.8 Å². The molecule has 3 unspecified atom stereocenters. The summed E-state index contributed by atoms with van der Waals surface area (Å²) in [6.07, 6.45) is -1.09. The predicted molar refractivity (Wildman–Crippen MR) is 112 cm³/mol. The van der Waals surface area contributed by atoms with Gasteiger partial charge in [-0.2, -0.15) is 13.2 Å². The molecule has 3 atom stereocenters. The van der Waals surface area contributed by atoms with Gasteiger partial charge in [0, 0.05) is 37.0 Å². The quantitative estimate of drug-likeness (QED) is 0.714. The van der Waals surface area contributed by atoms with Crippen molar-refractivity contribution >= 4 is 11.9 Å². The zero-order valence-corrected chi connectivity index (χ0v) is 18.6. The second-order valence-corrected chi connectivity index (χ2v) is 9.34. The molecule has 0 aromatic heterocycles. The van der Waals surface area contributed by atoms with Crippen molar-refractivity contribution in [1.29, 1.82) is 0 Å². The Balaban J connectivity index is 0.000000360. The van der Waals surface area contributed by atoms with Crippen LogP contribution in [0.4, 0.5) is 13.2 Å². The number of aliphatic carboxylic acids is 1. The van der Waals surface area contributed by atoms with Crippen LogP contribution >= 0.6 is 0 Å². The fraction of sp³-hybridized carbons (Fsp3) is 0.652. The molecule has 1 aromatic carbocycles. The third-order valence-corrected chi connectivity index (χ3v) is 6.64. The highest BCUT2D eigenvalue weighted by atomic mass is 19.4. The van der Waals surface area contributed by atoms with Gasteiger partial charge in [0.2, 0.25) is 5.91 Å². The number of rotatable bonds is 3. The maximum Gasteiger partial charge on any atom is 0.490 e. The first-order valence-corrected chi connectivity index (χ1v) is 11.0. The molecule has 1 aromatic rings. The zero-order valence-electron chi connectivity index (χ0n) is 18.6. The summed E-state index contributed by atoms with van der Waals surface area (Å²) in [4.78, 5) is 24.0. The normalized spacial score (nSPS) is 26.4. The molecule has 2 heterocycles. The third-order valence-electron chi connectivity index (χ3n) is 6.64. The van der Waals surface area contributed by atoms with Gasteiger partial charge in [-0.05, 0) is 45.1 Å². The van der Waals surface area contributed by atoms with E-state index in [9.17, 15) is 18.0 Å². The molecule has 32 heavy (non-hydrogen) atoms. The van der Waals surface area contributed by atoms with E-state index in [4.69, 9.17) is 14.6 Å². The summed E-state index contributed by atoms with van der Waals surface area (Å²) in [6, 6.07) is 8.90. The Bertz CT molecular complexity index is 835. The first kappa shape index (κ1) is 24.4. The van der Waals surface area contributed by atoms with E-state index < -0.39 is 12.1 Å². The van der Waals surface area contributed by atoms with Crippen LogP contribution in [0.15, 0.2) is 24.3 Å². The highest BCUT2D eigenvalue weighted by Crippen LogP contribution is 2.45. The van der Waals surface area contributed by atoms with Crippen molar-refractivity contribution in [2.75, 3.05) is 13.1 Å². The van der Waals surface area contributed by atoms with Gasteiger partial charge in [0.05, 0.1) is 6.04 Å². The Hall–Kier alpha value is -2.29. The van der Waals surface area contributed by atoms with Crippen LogP contribution in [0.25, 0.3) is 0 Å². The maximum absolute atomic E-state index is 12.5. The third kappa shape index (κ3) is 5.74. The second-order valence-electron chi connectivity index (χ2n) is 9.34. The number of carbonyl (C=O) groups excluding carboxylic acids is 1. The standard InChI is InChI=1S/C21H30N2O2.C2HF3O2/c1-14(2)23-10-8-21(9-11-23)13-18(22-20(24)17-12-15(17)3)16-6-4-5-7-19(16)25-21;3-2(4,5)1(6)7/h4-7,14-15,17-18H,8-13H2,1-3H3,(H,22,24);(H,6,7). The molecule has 4 rings (SSSR count). The van der Waals surface area contributed by atoms with Gasteiger partial charge in [-0.15, -0.1) is 0 Å². The van der Waals surface area contributed by atoms with Crippen LogP contribution in [0.1, 0.15) is 58.1 Å². The first-order chi connectivity index (χ1) is 14.9. The van der Waals surface area contributed by atoms with Crippen molar-refractivity contribution in [2.24, 2.45) is 11.8 Å². The van der Waals surface area contributed by atoms with Crippen LogP contribution in [0.2, 0.25) is 0 Å². The van der Waals surface area contributed by atoms with Gasteiger partial charge in [-0.25, -0.2) is 4.79 Å². The fourth-order valence-corrected chi connectivity index (χ4v) is 4.47. The minimum atomic E-state index is -5.08. The number of carboxylic acids is 1. The van der Waals surface area contributed by atoms with Gasteiger partial charge in [0.25, 0.3) is 0 Å². The summed E-state index contributed by atoms with van der Waals surface area (Å²) in [5, 5.41) is 10.5. The Morgan fingerprint density at radius 3 is 2.28 bits per heavy atom. The molecule has 1 saturated heterocycles. The van der Waals surface area contributed by atoms with Crippen molar-refractivity contribution in [2.45, 2.75) is 70.3 Å². The number of amides is 1. The summed E-state index contributed by atoms with van der Waals surface area (Å²) in [7, 11) is 0. The number of para-hydroxylation sites is 1. The van der Waals surface area contributed by atoms with Crippen LogP contribution < -0.4 is 10.1 Å². The molecule has 0 radical (unpaired) electrons. The number of hydrogen-bond acceptors (Lipinski definition) is 4.